The van der Waals surface area contributed by atoms with E-state index in [1.54, 1.807) is 11.3 Å². The molecule has 0 saturated heterocycles. The van der Waals surface area contributed by atoms with Crippen LogP contribution in [0.4, 0.5) is 0 Å². The van der Waals surface area contributed by atoms with Gasteiger partial charge in [-0.2, -0.15) is 11.3 Å². The number of halogens is 1. The lowest BCUT2D eigenvalue weighted by Gasteiger charge is -2.18. The molecule has 0 aliphatic rings. The van der Waals surface area contributed by atoms with Gasteiger partial charge in [0.1, 0.15) is 0 Å². The monoisotopic (exact) mass is 289 g/mol. The molecule has 0 bridgehead atoms. The summed E-state index contributed by atoms with van der Waals surface area (Å²) in [5, 5.41) is 7.97. The maximum atomic E-state index is 3.61. The Morgan fingerprint density at radius 3 is 2.53 bits per heavy atom. The van der Waals surface area contributed by atoms with Crippen molar-refractivity contribution in [1.82, 2.24) is 5.32 Å². The number of hydrogen-bond acceptors (Lipinski definition) is 2. The van der Waals surface area contributed by atoms with Gasteiger partial charge in [-0.1, -0.05) is 20.8 Å². The summed E-state index contributed by atoms with van der Waals surface area (Å²) < 4.78 is 1.25. The smallest absolute Gasteiger partial charge is 0.0339 e. The van der Waals surface area contributed by atoms with E-state index in [1.807, 2.05) is 0 Å². The molecule has 1 rings (SSSR count). The number of hydrogen-bond donors (Lipinski definition) is 1. The maximum absolute atomic E-state index is 3.61. The third-order valence-electron chi connectivity index (χ3n) is 2.50. The summed E-state index contributed by atoms with van der Waals surface area (Å²) in [4.78, 5) is 0. The Bertz CT molecular complexity index is 283. The molecule has 1 aromatic rings. The molecule has 0 aliphatic heterocycles. The minimum absolute atomic E-state index is 0.512. The van der Waals surface area contributed by atoms with E-state index in [2.05, 4.69) is 52.8 Å². The predicted molar refractivity (Wildman–Crippen MR) is 72.5 cm³/mol. The van der Waals surface area contributed by atoms with Crippen molar-refractivity contribution in [3.8, 4) is 0 Å². The van der Waals surface area contributed by atoms with Crippen molar-refractivity contribution in [3.05, 3.63) is 20.8 Å². The summed E-state index contributed by atoms with van der Waals surface area (Å²) in [6.45, 7) is 7.77. The fourth-order valence-electron chi connectivity index (χ4n) is 1.65. The Balaban J connectivity index is 2.61. The third-order valence-corrected chi connectivity index (χ3v) is 4.25. The molecule has 1 nitrogen and oxygen atoms in total. The van der Waals surface area contributed by atoms with Gasteiger partial charge in [0.25, 0.3) is 0 Å². The molecule has 0 saturated carbocycles. The Labute approximate surface area is 105 Å². The SMILES string of the molecule is CCNC(CCC(C)C)c1cscc1Br. The van der Waals surface area contributed by atoms with Crippen molar-refractivity contribution >= 4 is 27.3 Å². The standard InChI is InChI=1S/C12H20BrNS/c1-4-14-12(6-5-9(2)3)10-7-15-8-11(10)13/h7-9,12,14H,4-6H2,1-3H3. The Hall–Kier alpha value is 0.140. The van der Waals surface area contributed by atoms with Crippen molar-refractivity contribution in [2.24, 2.45) is 5.92 Å². The van der Waals surface area contributed by atoms with Crippen molar-refractivity contribution in [2.75, 3.05) is 6.54 Å². The molecule has 1 N–H and O–H groups in total. The van der Waals surface area contributed by atoms with E-state index < -0.39 is 0 Å². The molecule has 15 heavy (non-hydrogen) atoms. The lowest BCUT2D eigenvalue weighted by atomic mass is 9.99. The van der Waals surface area contributed by atoms with Crippen molar-refractivity contribution < 1.29 is 0 Å². The second-order valence-corrected chi connectivity index (χ2v) is 5.85. The van der Waals surface area contributed by atoms with E-state index in [1.165, 1.54) is 22.9 Å². The summed E-state index contributed by atoms with van der Waals surface area (Å²) in [6, 6.07) is 0.512. The molecule has 0 aromatic carbocycles. The summed E-state index contributed by atoms with van der Waals surface area (Å²) in [5.74, 6) is 0.781. The van der Waals surface area contributed by atoms with Crippen LogP contribution >= 0.6 is 27.3 Å². The first-order valence-electron chi connectivity index (χ1n) is 5.60. The van der Waals surface area contributed by atoms with E-state index in [4.69, 9.17) is 0 Å². The van der Waals surface area contributed by atoms with Crippen LogP contribution in [0.25, 0.3) is 0 Å². The third kappa shape index (κ3) is 4.25. The predicted octanol–water partition coefficient (Wildman–Crippen LogP) is 4.60. The van der Waals surface area contributed by atoms with Crippen LogP contribution in [0, 0.1) is 5.92 Å². The summed E-state index contributed by atoms with van der Waals surface area (Å²) in [5.41, 5.74) is 1.42. The van der Waals surface area contributed by atoms with Gasteiger partial charge in [0, 0.05) is 15.9 Å². The first-order chi connectivity index (χ1) is 7.15. The van der Waals surface area contributed by atoms with Gasteiger partial charge in [-0.3, -0.25) is 0 Å². The topological polar surface area (TPSA) is 12.0 Å². The van der Waals surface area contributed by atoms with Crippen molar-refractivity contribution in [3.63, 3.8) is 0 Å². The van der Waals surface area contributed by atoms with Gasteiger partial charge >= 0.3 is 0 Å². The fraction of sp³-hybridized carbons (Fsp3) is 0.667. The highest BCUT2D eigenvalue weighted by Gasteiger charge is 2.14. The Morgan fingerprint density at radius 1 is 1.33 bits per heavy atom. The van der Waals surface area contributed by atoms with E-state index >= 15 is 0 Å². The summed E-state index contributed by atoms with van der Waals surface area (Å²) in [7, 11) is 0. The van der Waals surface area contributed by atoms with E-state index in [9.17, 15) is 0 Å². The quantitative estimate of drug-likeness (QED) is 0.807. The van der Waals surface area contributed by atoms with Crippen LogP contribution in [0.1, 0.15) is 45.2 Å². The van der Waals surface area contributed by atoms with Gasteiger partial charge in [-0.25, -0.2) is 0 Å². The highest BCUT2D eigenvalue weighted by atomic mass is 79.9. The second-order valence-electron chi connectivity index (χ2n) is 4.26. The first kappa shape index (κ1) is 13.2. The fourth-order valence-corrected chi connectivity index (χ4v) is 3.28. The molecule has 1 atom stereocenters. The molecule has 3 heteroatoms. The van der Waals surface area contributed by atoms with E-state index in [0.29, 0.717) is 6.04 Å². The van der Waals surface area contributed by atoms with Gasteiger partial charge < -0.3 is 5.32 Å². The van der Waals surface area contributed by atoms with Crippen LogP contribution < -0.4 is 5.32 Å². The Kier molecular flexibility index (Phi) is 5.87. The molecule has 0 fully saturated rings. The van der Waals surface area contributed by atoms with Crippen molar-refractivity contribution in [2.45, 2.75) is 39.7 Å². The van der Waals surface area contributed by atoms with Crippen LogP contribution in [0.5, 0.6) is 0 Å². The Morgan fingerprint density at radius 2 is 2.07 bits per heavy atom. The van der Waals surface area contributed by atoms with E-state index in [-0.39, 0.29) is 0 Å². The molecule has 1 aromatic heterocycles. The minimum atomic E-state index is 0.512. The molecule has 0 spiro atoms. The normalized spacial score (nSPS) is 13.4. The largest absolute Gasteiger partial charge is 0.310 e. The molecule has 0 aliphatic carbocycles. The molecule has 86 valence electrons. The lowest BCUT2D eigenvalue weighted by molar-refractivity contribution is 0.448. The van der Waals surface area contributed by atoms with Crippen LogP contribution in [0.15, 0.2) is 15.2 Å². The number of thiophene rings is 1. The highest BCUT2D eigenvalue weighted by molar-refractivity contribution is 9.10. The van der Waals surface area contributed by atoms with Gasteiger partial charge in [-0.05, 0) is 52.2 Å². The first-order valence-corrected chi connectivity index (χ1v) is 7.33. The van der Waals surface area contributed by atoms with Gasteiger partial charge in [0.2, 0.25) is 0 Å². The summed E-state index contributed by atoms with van der Waals surface area (Å²) >= 11 is 5.38. The molecule has 1 unspecified atom stereocenters. The molecule has 0 amide bonds. The van der Waals surface area contributed by atoms with E-state index in [0.717, 1.165) is 12.5 Å². The maximum Gasteiger partial charge on any atom is 0.0339 e. The zero-order valence-electron chi connectivity index (χ0n) is 9.72. The molecular weight excluding hydrogens is 270 g/mol. The molecule has 0 radical (unpaired) electrons. The van der Waals surface area contributed by atoms with Crippen LogP contribution in [0.2, 0.25) is 0 Å². The number of rotatable bonds is 6. The second kappa shape index (κ2) is 6.66. The average molecular weight is 290 g/mol. The van der Waals surface area contributed by atoms with Crippen LogP contribution in [-0.2, 0) is 0 Å². The zero-order valence-corrected chi connectivity index (χ0v) is 12.1. The van der Waals surface area contributed by atoms with Gasteiger partial charge in [0.15, 0.2) is 0 Å². The zero-order chi connectivity index (χ0) is 11.3. The van der Waals surface area contributed by atoms with Gasteiger partial charge in [0.05, 0.1) is 0 Å². The minimum Gasteiger partial charge on any atom is -0.310 e. The van der Waals surface area contributed by atoms with Gasteiger partial charge in [-0.15, -0.1) is 0 Å². The van der Waals surface area contributed by atoms with Crippen LogP contribution in [0.3, 0.4) is 0 Å². The van der Waals surface area contributed by atoms with Crippen molar-refractivity contribution in [1.29, 1.82) is 0 Å². The highest BCUT2D eigenvalue weighted by Crippen LogP contribution is 2.30. The summed E-state index contributed by atoms with van der Waals surface area (Å²) in [6.07, 6.45) is 2.50. The lowest BCUT2D eigenvalue weighted by Crippen LogP contribution is -2.21. The number of nitrogens with one attached hydrogen (secondary N) is 1. The molecular formula is C12H20BrNS. The van der Waals surface area contributed by atoms with Crippen LogP contribution in [-0.4, -0.2) is 6.54 Å². The average Bonchev–Trinajstić information content (AvgIpc) is 2.59. The molecule has 1 heterocycles.